The van der Waals surface area contributed by atoms with Gasteiger partial charge in [-0.1, -0.05) is 31.8 Å². The Kier molecular flexibility index (Phi) is 9.13. The molecule has 0 radical (unpaired) electrons. The number of nitrogens with zero attached hydrogens (tertiary/aromatic N) is 1. The summed E-state index contributed by atoms with van der Waals surface area (Å²) >= 11 is 0. The van der Waals surface area contributed by atoms with E-state index >= 15 is 0 Å². The Morgan fingerprint density at radius 2 is 2.00 bits per heavy atom. The average Bonchev–Trinajstić information content (AvgIpc) is 2.26. The first-order valence-corrected chi connectivity index (χ1v) is 5.92. The number of carbonyl (C=O) groups is 1. The van der Waals surface area contributed by atoms with Gasteiger partial charge in [0.1, 0.15) is 0 Å². The van der Waals surface area contributed by atoms with Crippen LogP contribution in [-0.4, -0.2) is 18.1 Å². The molecule has 0 aliphatic heterocycles. The van der Waals surface area contributed by atoms with Crippen LogP contribution in [0.4, 0.5) is 0 Å². The third-order valence-electron chi connectivity index (χ3n) is 2.25. The molecule has 0 heterocycles. The summed E-state index contributed by atoms with van der Waals surface area (Å²) in [6.07, 6.45) is 6.74. The quantitative estimate of drug-likeness (QED) is 0.435. The minimum absolute atomic E-state index is 0.191. The molecule has 0 aromatic carbocycles. The van der Waals surface area contributed by atoms with Crippen molar-refractivity contribution < 1.29 is 9.63 Å². The molecule has 1 atom stereocenters. The van der Waals surface area contributed by atoms with Crippen molar-refractivity contribution in [3.63, 3.8) is 0 Å². The van der Waals surface area contributed by atoms with Crippen LogP contribution >= 0.6 is 0 Å². The van der Waals surface area contributed by atoms with Gasteiger partial charge in [0.25, 0.3) is 0 Å². The molecule has 0 aromatic rings. The highest BCUT2D eigenvalue weighted by Crippen LogP contribution is 2.10. The van der Waals surface area contributed by atoms with Gasteiger partial charge in [-0.15, -0.1) is 0 Å². The van der Waals surface area contributed by atoms with E-state index < -0.39 is 0 Å². The van der Waals surface area contributed by atoms with E-state index in [1.165, 1.54) is 0 Å². The number of hydrogen-bond acceptors (Lipinski definition) is 3. The summed E-state index contributed by atoms with van der Waals surface area (Å²) < 4.78 is 0. The Hall–Kier alpha value is -0.860. The van der Waals surface area contributed by atoms with Crippen molar-refractivity contribution in [2.24, 2.45) is 5.16 Å². The van der Waals surface area contributed by atoms with Gasteiger partial charge in [0.2, 0.25) is 0 Å². The summed E-state index contributed by atoms with van der Waals surface area (Å²) in [5, 5.41) is 3.71. The van der Waals surface area contributed by atoms with E-state index in [9.17, 15) is 4.79 Å². The number of unbranched alkanes of at least 4 members (excludes halogenated alkanes) is 2. The maximum atomic E-state index is 11.7. The van der Waals surface area contributed by atoms with E-state index in [4.69, 9.17) is 4.84 Å². The Morgan fingerprint density at radius 1 is 1.33 bits per heavy atom. The zero-order valence-electron chi connectivity index (χ0n) is 10.2. The van der Waals surface area contributed by atoms with Crippen molar-refractivity contribution in [1.29, 1.82) is 0 Å². The molecule has 0 bridgehead atoms. The summed E-state index contributed by atoms with van der Waals surface area (Å²) in [6, 6.07) is 0. The van der Waals surface area contributed by atoms with Gasteiger partial charge in [-0.2, -0.15) is 0 Å². The molecule has 0 saturated heterocycles. The second kappa shape index (κ2) is 9.69. The van der Waals surface area contributed by atoms with E-state index in [0.29, 0.717) is 6.42 Å². The lowest BCUT2D eigenvalue weighted by Crippen LogP contribution is -2.22. The highest BCUT2D eigenvalue weighted by molar-refractivity contribution is 5.83. The van der Waals surface area contributed by atoms with Crippen molar-refractivity contribution in [2.45, 2.75) is 65.4 Å². The summed E-state index contributed by atoms with van der Waals surface area (Å²) in [5.41, 5.74) is 0. The normalized spacial score (nSPS) is 13.0. The van der Waals surface area contributed by atoms with Gasteiger partial charge >= 0.3 is 0 Å². The van der Waals surface area contributed by atoms with Gasteiger partial charge in [-0.25, -0.2) is 0 Å². The van der Waals surface area contributed by atoms with Crippen LogP contribution in [0.3, 0.4) is 0 Å². The summed E-state index contributed by atoms with van der Waals surface area (Å²) in [5.74, 6) is 0.191. The minimum atomic E-state index is -0.326. The lowest BCUT2D eigenvalue weighted by atomic mass is 10.0. The Balaban J connectivity index is 4.01. The van der Waals surface area contributed by atoms with E-state index in [2.05, 4.69) is 19.0 Å². The fourth-order valence-corrected chi connectivity index (χ4v) is 1.31. The van der Waals surface area contributed by atoms with Crippen molar-refractivity contribution >= 4 is 12.0 Å². The predicted molar refractivity (Wildman–Crippen MR) is 63.1 cm³/mol. The lowest BCUT2D eigenvalue weighted by Gasteiger charge is -2.12. The number of oxime groups is 1. The van der Waals surface area contributed by atoms with Crippen molar-refractivity contribution in [3.05, 3.63) is 0 Å². The molecule has 0 spiro atoms. The van der Waals surface area contributed by atoms with Crippen molar-refractivity contribution in [3.8, 4) is 0 Å². The molecule has 3 heteroatoms. The molecule has 0 aliphatic rings. The maximum Gasteiger partial charge on any atom is 0.185 e. The Bertz CT molecular complexity index is 190. The molecule has 3 nitrogen and oxygen atoms in total. The number of carbonyl (C=O) groups excluding carboxylic acids is 1. The van der Waals surface area contributed by atoms with Crippen LogP contribution in [0.15, 0.2) is 5.16 Å². The van der Waals surface area contributed by atoms with E-state index in [1.54, 1.807) is 13.1 Å². The Labute approximate surface area is 92.9 Å². The minimum Gasteiger partial charge on any atom is -0.385 e. The SMILES string of the molecule is CC=NOC(CCCC)C(=O)CCCC. The summed E-state index contributed by atoms with van der Waals surface area (Å²) in [7, 11) is 0. The van der Waals surface area contributed by atoms with E-state index in [1.807, 2.05) is 0 Å². The molecule has 0 aliphatic carbocycles. The number of ketones is 1. The summed E-state index contributed by atoms with van der Waals surface area (Å²) in [4.78, 5) is 16.9. The molecule has 0 aromatic heterocycles. The number of hydrogen-bond donors (Lipinski definition) is 0. The first kappa shape index (κ1) is 14.1. The fraction of sp³-hybridized carbons (Fsp3) is 0.833. The van der Waals surface area contributed by atoms with Gasteiger partial charge in [-0.05, 0) is 26.2 Å². The van der Waals surface area contributed by atoms with Crippen molar-refractivity contribution in [1.82, 2.24) is 0 Å². The topological polar surface area (TPSA) is 38.7 Å². The van der Waals surface area contributed by atoms with E-state index in [0.717, 1.165) is 32.1 Å². The summed E-state index contributed by atoms with van der Waals surface area (Å²) in [6.45, 7) is 5.98. The average molecular weight is 213 g/mol. The first-order valence-electron chi connectivity index (χ1n) is 5.92. The van der Waals surface area contributed by atoms with Crippen LogP contribution in [0.25, 0.3) is 0 Å². The van der Waals surface area contributed by atoms with Gasteiger partial charge in [0.15, 0.2) is 11.9 Å². The van der Waals surface area contributed by atoms with Gasteiger partial charge in [0.05, 0.1) is 0 Å². The third-order valence-corrected chi connectivity index (χ3v) is 2.25. The molecule has 0 saturated carbocycles. The van der Waals surface area contributed by atoms with Gasteiger partial charge in [-0.3, -0.25) is 4.79 Å². The Morgan fingerprint density at radius 3 is 2.53 bits per heavy atom. The van der Waals surface area contributed by atoms with Crippen LogP contribution in [0.1, 0.15) is 59.3 Å². The molecule has 0 N–H and O–H groups in total. The highest BCUT2D eigenvalue weighted by Gasteiger charge is 2.18. The maximum absolute atomic E-state index is 11.7. The highest BCUT2D eigenvalue weighted by atomic mass is 16.6. The lowest BCUT2D eigenvalue weighted by molar-refractivity contribution is -0.131. The molecule has 0 amide bonds. The van der Waals surface area contributed by atoms with Gasteiger partial charge < -0.3 is 4.84 Å². The third kappa shape index (κ3) is 7.11. The molecule has 88 valence electrons. The molecule has 0 fully saturated rings. The standard InChI is InChI=1S/C12H23NO2/c1-4-7-9-11(14)12(10-8-5-2)15-13-6-3/h6,12H,4-5,7-10H2,1-3H3. The van der Waals surface area contributed by atoms with Gasteiger partial charge in [0, 0.05) is 12.6 Å². The molecular weight excluding hydrogens is 190 g/mol. The van der Waals surface area contributed by atoms with Crippen LogP contribution in [0, 0.1) is 0 Å². The molecular formula is C12H23NO2. The fourth-order valence-electron chi connectivity index (χ4n) is 1.31. The zero-order chi connectivity index (χ0) is 11.5. The smallest absolute Gasteiger partial charge is 0.185 e. The molecule has 15 heavy (non-hydrogen) atoms. The number of rotatable bonds is 9. The second-order valence-electron chi connectivity index (χ2n) is 3.67. The predicted octanol–water partition coefficient (Wildman–Crippen LogP) is 3.33. The van der Waals surface area contributed by atoms with Crippen LogP contribution < -0.4 is 0 Å². The van der Waals surface area contributed by atoms with Crippen LogP contribution in [0.5, 0.6) is 0 Å². The van der Waals surface area contributed by atoms with Crippen LogP contribution in [0.2, 0.25) is 0 Å². The van der Waals surface area contributed by atoms with Crippen molar-refractivity contribution in [2.75, 3.05) is 0 Å². The second-order valence-corrected chi connectivity index (χ2v) is 3.67. The zero-order valence-corrected chi connectivity index (χ0v) is 10.2. The largest absolute Gasteiger partial charge is 0.385 e. The van der Waals surface area contributed by atoms with E-state index in [-0.39, 0.29) is 11.9 Å². The first-order chi connectivity index (χ1) is 7.26. The van der Waals surface area contributed by atoms with Crippen LogP contribution in [-0.2, 0) is 9.63 Å². The molecule has 0 rings (SSSR count). The number of Topliss-reactive ketones (excluding diaryl/α,β-unsaturated/α-hetero) is 1. The monoisotopic (exact) mass is 213 g/mol. The molecule has 1 unspecified atom stereocenters.